The molecule has 3 aromatic rings. The molecular formula is C34H42O12. The molecule has 5 rings (SSSR count). The van der Waals surface area contributed by atoms with Gasteiger partial charge in [0.25, 0.3) is 6.47 Å². The lowest BCUT2D eigenvalue weighted by molar-refractivity contribution is -0.231. The van der Waals surface area contributed by atoms with E-state index in [0.29, 0.717) is 24.0 Å². The zero-order valence-corrected chi connectivity index (χ0v) is 25.5. The second-order valence-electron chi connectivity index (χ2n) is 11.3. The zero-order valence-electron chi connectivity index (χ0n) is 25.5. The highest BCUT2D eigenvalue weighted by atomic mass is 16.6. The maximum absolute atomic E-state index is 10.6. The number of hydrogen-bond acceptors (Lipinski definition) is 12. The van der Waals surface area contributed by atoms with Gasteiger partial charge in [-0.05, 0) is 57.5 Å². The smallest absolute Gasteiger partial charge is 0.292 e. The molecule has 0 bridgehead atoms. The van der Waals surface area contributed by atoms with Crippen LogP contribution in [0.4, 0.5) is 0 Å². The Morgan fingerprint density at radius 2 is 1.11 bits per heavy atom. The number of aliphatic hydroxyl groups excluding tert-OH is 8. The first kappa shape index (κ1) is 35.6. The molecule has 250 valence electrons. The van der Waals surface area contributed by atoms with Crippen molar-refractivity contribution >= 4 is 6.47 Å². The van der Waals surface area contributed by atoms with E-state index in [9.17, 15) is 40.9 Å². The Kier molecular flexibility index (Phi) is 12.4. The van der Waals surface area contributed by atoms with Crippen molar-refractivity contribution in [1.29, 1.82) is 0 Å². The van der Waals surface area contributed by atoms with Crippen molar-refractivity contribution in [1.82, 2.24) is 0 Å². The van der Waals surface area contributed by atoms with Crippen molar-refractivity contribution < 1.29 is 59.9 Å². The Morgan fingerprint density at radius 3 is 1.57 bits per heavy atom. The van der Waals surface area contributed by atoms with Gasteiger partial charge in [-0.2, -0.15) is 0 Å². The molecule has 46 heavy (non-hydrogen) atoms. The molecule has 2 aliphatic rings. The van der Waals surface area contributed by atoms with E-state index in [0.717, 1.165) is 27.8 Å². The molecule has 3 aromatic carbocycles. The van der Waals surface area contributed by atoms with Gasteiger partial charge in [-0.25, -0.2) is 0 Å². The lowest BCUT2D eigenvalue weighted by Gasteiger charge is -2.40. The molecule has 2 fully saturated rings. The summed E-state index contributed by atoms with van der Waals surface area (Å²) >= 11 is 0. The second kappa shape index (κ2) is 16.0. The van der Waals surface area contributed by atoms with Crippen LogP contribution in [0.5, 0.6) is 0 Å². The van der Waals surface area contributed by atoms with Crippen molar-refractivity contribution in [2.24, 2.45) is 0 Å². The average Bonchev–Trinajstić information content (AvgIpc) is 3.09. The minimum Gasteiger partial charge on any atom is -0.471 e. The number of rotatable bonds is 8. The fourth-order valence-electron chi connectivity index (χ4n) is 5.88. The molecule has 2 saturated heterocycles. The summed E-state index contributed by atoms with van der Waals surface area (Å²) in [4.78, 5) is 8.95. The summed E-state index contributed by atoms with van der Waals surface area (Å²) in [5, 5.41) is 81.1. The number of benzene rings is 3. The number of methoxy groups -OCH3 is 1. The van der Waals surface area contributed by atoms with E-state index in [1.165, 1.54) is 7.11 Å². The lowest BCUT2D eigenvalue weighted by Crippen LogP contribution is -2.55. The standard InChI is InChI=1S/C32H38O10.C2H4O2/c1-2-16-11-18(17-5-3-7-20(12-17)31-29(39)27(37)25(35)23(14-33)41-31)9-10-22(16)19-6-4-8-21(13-19)32-30(40)28(38)26(36)24(15-34)42-32;1-4-2-3/h3-13,23-40H,2,14-15H2,1H3;2H,1H3/t23?,24?,25-,26-,27?,28?,29?,30?,31-,32-;/m1./s1. The molecule has 12 nitrogen and oxygen atoms in total. The Labute approximate surface area is 266 Å². The molecule has 2 heterocycles. The van der Waals surface area contributed by atoms with E-state index in [1.807, 2.05) is 55.5 Å². The third-order valence-corrected chi connectivity index (χ3v) is 8.44. The normalized spacial score (nSPS) is 31.0. The van der Waals surface area contributed by atoms with Gasteiger partial charge in [0.1, 0.15) is 61.0 Å². The minimum absolute atomic E-state index is 0.375. The second-order valence-corrected chi connectivity index (χ2v) is 11.3. The topological polar surface area (TPSA) is 207 Å². The van der Waals surface area contributed by atoms with Crippen LogP contribution < -0.4 is 0 Å². The van der Waals surface area contributed by atoms with E-state index in [4.69, 9.17) is 14.3 Å². The molecule has 0 saturated carbocycles. The van der Waals surface area contributed by atoms with Crippen LogP contribution in [0.15, 0.2) is 66.7 Å². The molecule has 10 atom stereocenters. The van der Waals surface area contributed by atoms with Crippen LogP contribution in [-0.2, 0) is 25.4 Å². The van der Waals surface area contributed by atoms with Gasteiger partial charge in [0.2, 0.25) is 0 Å². The number of aryl methyl sites for hydroxylation is 1. The third-order valence-electron chi connectivity index (χ3n) is 8.44. The van der Waals surface area contributed by atoms with E-state index >= 15 is 0 Å². The van der Waals surface area contributed by atoms with E-state index in [2.05, 4.69) is 10.8 Å². The molecule has 0 spiro atoms. The van der Waals surface area contributed by atoms with Crippen LogP contribution in [0.25, 0.3) is 22.3 Å². The fourth-order valence-corrected chi connectivity index (χ4v) is 5.88. The molecule has 0 amide bonds. The van der Waals surface area contributed by atoms with Gasteiger partial charge >= 0.3 is 0 Å². The third kappa shape index (κ3) is 7.48. The first-order valence-corrected chi connectivity index (χ1v) is 15.0. The molecular weight excluding hydrogens is 600 g/mol. The van der Waals surface area contributed by atoms with Crippen molar-refractivity contribution in [2.45, 2.75) is 74.4 Å². The molecule has 0 aromatic heterocycles. The summed E-state index contributed by atoms with van der Waals surface area (Å²) in [6.45, 7) is 1.41. The Balaban J connectivity index is 0.00000113. The van der Waals surface area contributed by atoms with Crippen LogP contribution >= 0.6 is 0 Å². The maximum atomic E-state index is 10.6. The van der Waals surface area contributed by atoms with E-state index < -0.39 is 74.3 Å². The summed E-state index contributed by atoms with van der Waals surface area (Å²) in [6, 6.07) is 20.7. The van der Waals surface area contributed by atoms with Gasteiger partial charge in [0.15, 0.2) is 0 Å². The van der Waals surface area contributed by atoms with E-state index in [-0.39, 0.29) is 0 Å². The quantitative estimate of drug-likeness (QED) is 0.157. The Morgan fingerprint density at radius 1 is 0.652 bits per heavy atom. The zero-order chi connectivity index (χ0) is 33.5. The van der Waals surface area contributed by atoms with Crippen LogP contribution in [0.2, 0.25) is 0 Å². The van der Waals surface area contributed by atoms with Crippen LogP contribution in [0.3, 0.4) is 0 Å². The first-order chi connectivity index (χ1) is 22.1. The lowest BCUT2D eigenvalue weighted by atomic mass is 9.88. The van der Waals surface area contributed by atoms with Crippen molar-refractivity contribution in [2.75, 3.05) is 20.3 Å². The van der Waals surface area contributed by atoms with Crippen molar-refractivity contribution in [3.05, 3.63) is 83.4 Å². The van der Waals surface area contributed by atoms with Crippen molar-refractivity contribution in [3.8, 4) is 22.3 Å². The highest BCUT2D eigenvalue weighted by Gasteiger charge is 2.45. The largest absolute Gasteiger partial charge is 0.471 e. The van der Waals surface area contributed by atoms with E-state index in [1.54, 1.807) is 12.1 Å². The number of ether oxygens (including phenoxy) is 3. The van der Waals surface area contributed by atoms with Crippen LogP contribution in [0.1, 0.15) is 35.8 Å². The van der Waals surface area contributed by atoms with Gasteiger partial charge in [-0.1, -0.05) is 61.5 Å². The molecule has 0 aliphatic carbocycles. The van der Waals surface area contributed by atoms with Crippen molar-refractivity contribution in [3.63, 3.8) is 0 Å². The highest BCUT2D eigenvalue weighted by molar-refractivity contribution is 5.74. The number of carbonyl (C=O) groups excluding carboxylic acids is 1. The van der Waals surface area contributed by atoms with Crippen LogP contribution in [-0.4, -0.2) is 116 Å². The summed E-state index contributed by atoms with van der Waals surface area (Å²) < 4.78 is 15.4. The summed E-state index contributed by atoms with van der Waals surface area (Å²) in [5.41, 5.74) is 5.81. The number of carbonyl (C=O) groups is 1. The summed E-state index contributed by atoms with van der Waals surface area (Å²) in [6.07, 6.45) is -11.7. The summed E-state index contributed by atoms with van der Waals surface area (Å²) in [5.74, 6) is 0. The maximum Gasteiger partial charge on any atom is 0.292 e. The monoisotopic (exact) mass is 642 g/mol. The first-order valence-electron chi connectivity index (χ1n) is 15.0. The molecule has 8 N–H and O–H groups in total. The molecule has 2 aliphatic heterocycles. The van der Waals surface area contributed by atoms with Gasteiger partial charge < -0.3 is 55.1 Å². The predicted molar refractivity (Wildman–Crippen MR) is 165 cm³/mol. The Bertz CT molecular complexity index is 1430. The SMILES string of the molecule is CCc1cc(-c2cccc([C@H]3OC(CO)[C@@H](O)C(O)C3O)c2)ccc1-c1cccc([C@H]2OC(CO)[C@@H](O)C(O)C2O)c1.COC=O. The van der Waals surface area contributed by atoms with Gasteiger partial charge in [-0.15, -0.1) is 0 Å². The Hall–Kier alpha value is -3.27. The molecule has 6 unspecified atom stereocenters. The molecule has 12 heteroatoms. The summed E-state index contributed by atoms with van der Waals surface area (Å²) in [7, 11) is 1.31. The van der Waals surface area contributed by atoms with Gasteiger partial charge in [-0.3, -0.25) is 4.79 Å². The number of hydrogen-bond donors (Lipinski definition) is 8. The highest BCUT2D eigenvalue weighted by Crippen LogP contribution is 2.37. The molecule has 0 radical (unpaired) electrons. The minimum atomic E-state index is -1.46. The van der Waals surface area contributed by atoms with Gasteiger partial charge in [0.05, 0.1) is 20.3 Å². The number of aliphatic hydroxyl groups is 8. The van der Waals surface area contributed by atoms with Crippen LogP contribution in [0, 0.1) is 0 Å². The van der Waals surface area contributed by atoms with Gasteiger partial charge in [0, 0.05) is 0 Å². The predicted octanol–water partition coefficient (Wildman–Crippen LogP) is 0.402. The average molecular weight is 643 g/mol. The fraction of sp³-hybridized carbons (Fsp3) is 0.441.